The molecule has 0 aromatic heterocycles. The number of likely N-dealkylation sites (tertiary alicyclic amines) is 1. The minimum absolute atomic E-state index is 0.0329. The van der Waals surface area contributed by atoms with Crippen molar-refractivity contribution >= 4 is 27.8 Å². The quantitative estimate of drug-likeness (QED) is 0.367. The van der Waals surface area contributed by atoms with E-state index in [0.29, 0.717) is 18.1 Å². The molecule has 2 aromatic carbocycles. The Morgan fingerprint density at radius 1 is 1.08 bits per heavy atom. The van der Waals surface area contributed by atoms with Crippen LogP contribution in [0.4, 0.5) is 0 Å². The van der Waals surface area contributed by atoms with E-state index in [1.54, 1.807) is 7.11 Å². The zero-order valence-corrected chi connectivity index (χ0v) is 24.4. The highest BCUT2D eigenvalue weighted by Crippen LogP contribution is 2.40. The zero-order chi connectivity index (χ0) is 26.7. The highest BCUT2D eigenvalue weighted by atomic mass is 79.9. The molecule has 5 nitrogen and oxygen atoms in total. The van der Waals surface area contributed by atoms with Crippen molar-refractivity contribution in [3.63, 3.8) is 0 Å². The van der Waals surface area contributed by atoms with Crippen molar-refractivity contribution < 1.29 is 14.6 Å². The third-order valence-corrected chi connectivity index (χ3v) is 7.50. The molecule has 0 aliphatic carbocycles. The van der Waals surface area contributed by atoms with Gasteiger partial charge in [-0.1, -0.05) is 71.9 Å². The van der Waals surface area contributed by atoms with E-state index in [0.717, 1.165) is 36.3 Å². The third kappa shape index (κ3) is 6.57. The van der Waals surface area contributed by atoms with Crippen LogP contribution in [0.2, 0.25) is 0 Å². The molecular weight excluding hydrogens is 516 g/mol. The monoisotopic (exact) mass is 556 g/mol. The maximum Gasteiger partial charge on any atom is 0.182 e. The lowest BCUT2D eigenvalue weighted by Gasteiger charge is -2.28. The van der Waals surface area contributed by atoms with Gasteiger partial charge in [0.2, 0.25) is 0 Å². The molecule has 0 bridgehead atoms. The number of amidine groups is 1. The number of aromatic hydroxyl groups is 1. The molecule has 0 saturated carbocycles. The average molecular weight is 558 g/mol. The Balaban J connectivity index is 1.92. The maximum atomic E-state index is 13.7. The van der Waals surface area contributed by atoms with Gasteiger partial charge in [-0.3, -0.25) is 4.79 Å². The lowest BCUT2D eigenvalue weighted by Crippen LogP contribution is -2.33. The zero-order valence-electron chi connectivity index (χ0n) is 22.8. The fraction of sp³-hybridized carbons (Fsp3) is 0.533. The predicted octanol–water partition coefficient (Wildman–Crippen LogP) is 6.71. The molecule has 196 valence electrons. The van der Waals surface area contributed by atoms with E-state index < -0.39 is 0 Å². The van der Waals surface area contributed by atoms with Crippen molar-refractivity contribution in [2.75, 3.05) is 26.8 Å². The van der Waals surface area contributed by atoms with E-state index >= 15 is 0 Å². The number of nitrogens with zero attached hydrogens (tertiary/aromatic N) is 2. The summed E-state index contributed by atoms with van der Waals surface area (Å²) in [6, 6.07) is 14.2. The number of phenols is 1. The van der Waals surface area contributed by atoms with Gasteiger partial charge in [0.15, 0.2) is 5.78 Å². The van der Waals surface area contributed by atoms with Crippen LogP contribution in [-0.4, -0.2) is 48.4 Å². The molecule has 0 spiro atoms. The first kappa shape index (κ1) is 28.4. The summed E-state index contributed by atoms with van der Waals surface area (Å²) >= 11 is 3.37. The third-order valence-electron chi connectivity index (χ3n) is 7.14. The SMILES string of the molecule is COCC[C@H]1CN(CC(=O)c2cc(C(C)(C)C)c(O)c(C(C)(C)C)c2)C(=NBr)[C@@H]1Cc1ccccc1. The smallest absolute Gasteiger partial charge is 0.182 e. The van der Waals surface area contributed by atoms with Crippen LogP contribution in [0.25, 0.3) is 0 Å². The Kier molecular flexibility index (Phi) is 9.05. The number of Topliss-reactive ketones (excluding diaryl/α,β-unsaturated/α-hetero) is 1. The van der Waals surface area contributed by atoms with Crippen molar-refractivity contribution in [2.24, 2.45) is 15.9 Å². The Hall–Kier alpha value is -2.18. The van der Waals surface area contributed by atoms with Gasteiger partial charge in [-0.15, -0.1) is 0 Å². The predicted molar refractivity (Wildman–Crippen MR) is 151 cm³/mol. The minimum Gasteiger partial charge on any atom is -0.507 e. The Bertz CT molecular complexity index is 1050. The first-order valence-corrected chi connectivity index (χ1v) is 13.5. The number of hydrogen-bond acceptors (Lipinski definition) is 4. The molecule has 2 aromatic rings. The Morgan fingerprint density at radius 2 is 1.67 bits per heavy atom. The number of ketones is 1. The van der Waals surface area contributed by atoms with Crippen molar-refractivity contribution in [1.82, 2.24) is 4.90 Å². The van der Waals surface area contributed by atoms with Gasteiger partial charge in [0.1, 0.15) is 11.6 Å². The first-order chi connectivity index (χ1) is 16.9. The summed E-state index contributed by atoms with van der Waals surface area (Å²) in [5, 5.41) is 11.1. The normalized spacial score (nSPS) is 19.8. The van der Waals surface area contributed by atoms with Crippen LogP contribution < -0.4 is 0 Å². The number of carbonyl (C=O) groups excluding carboxylic acids is 1. The van der Waals surface area contributed by atoms with Crippen LogP contribution in [0.5, 0.6) is 5.75 Å². The van der Waals surface area contributed by atoms with Crippen LogP contribution in [0.15, 0.2) is 46.5 Å². The van der Waals surface area contributed by atoms with Gasteiger partial charge in [0.25, 0.3) is 0 Å². The average Bonchev–Trinajstić information content (AvgIpc) is 3.12. The van der Waals surface area contributed by atoms with Crippen molar-refractivity contribution in [3.05, 3.63) is 64.7 Å². The minimum atomic E-state index is -0.289. The van der Waals surface area contributed by atoms with Gasteiger partial charge in [-0.2, -0.15) is 4.02 Å². The van der Waals surface area contributed by atoms with Crippen LogP contribution >= 0.6 is 16.1 Å². The molecule has 2 atom stereocenters. The molecule has 6 heteroatoms. The second-order valence-corrected chi connectivity index (χ2v) is 12.4. The fourth-order valence-electron chi connectivity index (χ4n) is 5.10. The van der Waals surface area contributed by atoms with Gasteiger partial charge in [0.05, 0.1) is 22.7 Å². The van der Waals surface area contributed by atoms with Crippen LogP contribution in [-0.2, 0) is 22.0 Å². The summed E-state index contributed by atoms with van der Waals surface area (Å²) in [5.41, 5.74) is 2.92. The molecule has 1 heterocycles. The summed E-state index contributed by atoms with van der Waals surface area (Å²) in [7, 11) is 1.73. The van der Waals surface area contributed by atoms with Crippen LogP contribution in [0, 0.1) is 11.8 Å². The van der Waals surface area contributed by atoms with E-state index in [2.05, 4.69) is 90.9 Å². The fourth-order valence-corrected chi connectivity index (χ4v) is 5.59. The number of methoxy groups -OCH3 is 1. The van der Waals surface area contributed by atoms with E-state index in [1.165, 1.54) is 5.56 Å². The molecule has 1 aliphatic heterocycles. The molecule has 1 fully saturated rings. The highest BCUT2D eigenvalue weighted by Gasteiger charge is 2.39. The summed E-state index contributed by atoms with van der Waals surface area (Å²) in [5.74, 6) is 1.77. The van der Waals surface area contributed by atoms with E-state index in [9.17, 15) is 9.90 Å². The number of benzene rings is 2. The summed E-state index contributed by atoms with van der Waals surface area (Å²) < 4.78 is 9.90. The summed E-state index contributed by atoms with van der Waals surface area (Å²) in [6.45, 7) is 14.1. The van der Waals surface area contributed by atoms with E-state index in [1.807, 2.05) is 18.2 Å². The highest BCUT2D eigenvalue weighted by molar-refractivity contribution is 9.08. The number of carbonyl (C=O) groups is 1. The molecule has 0 unspecified atom stereocenters. The summed E-state index contributed by atoms with van der Waals surface area (Å²) in [4.78, 5) is 15.8. The van der Waals surface area contributed by atoms with Crippen LogP contribution in [0.1, 0.15) is 75.0 Å². The van der Waals surface area contributed by atoms with Crippen molar-refractivity contribution in [1.29, 1.82) is 0 Å². The van der Waals surface area contributed by atoms with Crippen LogP contribution in [0.3, 0.4) is 0 Å². The van der Waals surface area contributed by atoms with Crippen molar-refractivity contribution in [2.45, 2.75) is 65.2 Å². The number of hydrogen-bond donors (Lipinski definition) is 1. The molecule has 3 rings (SSSR count). The van der Waals surface area contributed by atoms with Gasteiger partial charge in [-0.25, -0.2) is 0 Å². The second-order valence-electron chi connectivity index (χ2n) is 12.0. The standard InChI is InChI=1S/C30H41BrN2O3/c1-29(2,3)24-16-22(17-25(27(24)35)30(4,5)6)26(34)19-33-18-21(13-14-36-7)23(28(33)32-31)15-20-11-9-8-10-12-20/h8-12,16-17,21,23,35H,13-15,18-19H2,1-7H3/t21-,23+/m0/s1. The number of phenolic OH excluding ortho intramolecular Hbond substituents is 1. The van der Waals surface area contributed by atoms with Gasteiger partial charge < -0.3 is 14.7 Å². The molecular formula is C30H41BrN2O3. The first-order valence-electron chi connectivity index (χ1n) is 12.7. The van der Waals surface area contributed by atoms with E-state index in [-0.39, 0.29) is 34.8 Å². The maximum absolute atomic E-state index is 13.7. The number of ether oxygens (including phenoxy) is 1. The lowest BCUT2D eigenvalue weighted by molar-refractivity contribution is 0.0961. The van der Waals surface area contributed by atoms with Gasteiger partial charge in [-0.05, 0) is 47.3 Å². The second kappa shape index (κ2) is 11.5. The van der Waals surface area contributed by atoms with Crippen molar-refractivity contribution in [3.8, 4) is 5.75 Å². The Morgan fingerprint density at radius 3 is 2.17 bits per heavy atom. The molecule has 0 amide bonds. The topological polar surface area (TPSA) is 62.1 Å². The van der Waals surface area contributed by atoms with E-state index in [4.69, 9.17) is 4.74 Å². The Labute approximate surface area is 225 Å². The van der Waals surface area contributed by atoms with Gasteiger partial charge in [0, 0.05) is 42.9 Å². The van der Waals surface area contributed by atoms with Gasteiger partial charge >= 0.3 is 0 Å². The molecule has 1 aliphatic rings. The molecule has 1 saturated heterocycles. The lowest BCUT2D eigenvalue weighted by atomic mass is 9.78. The molecule has 1 N–H and O–H groups in total. The largest absolute Gasteiger partial charge is 0.507 e. The summed E-state index contributed by atoms with van der Waals surface area (Å²) in [6.07, 6.45) is 1.78. The molecule has 0 radical (unpaired) electrons. The number of rotatable bonds is 8. The number of halogens is 1. The molecule has 36 heavy (non-hydrogen) atoms.